The van der Waals surface area contributed by atoms with Crippen molar-refractivity contribution in [2.45, 2.75) is 26.3 Å². The van der Waals surface area contributed by atoms with Gasteiger partial charge in [-0.2, -0.15) is 10.2 Å². The van der Waals surface area contributed by atoms with E-state index in [1.165, 1.54) is 0 Å². The molecule has 1 amide bonds. The van der Waals surface area contributed by atoms with Gasteiger partial charge < -0.3 is 14.6 Å². The molecular weight excluding hydrogens is 324 g/mol. The van der Waals surface area contributed by atoms with Crippen LogP contribution in [-0.4, -0.2) is 49.6 Å². The molecule has 0 saturated carbocycles. The van der Waals surface area contributed by atoms with Gasteiger partial charge in [-0.15, -0.1) is 10.2 Å². The quantitative estimate of drug-likeness (QED) is 0.705. The molecule has 0 unspecified atom stereocenters. The van der Waals surface area contributed by atoms with Crippen molar-refractivity contribution in [3.63, 3.8) is 0 Å². The van der Waals surface area contributed by atoms with Crippen LogP contribution in [-0.2, 0) is 11.3 Å². The second-order valence-electron chi connectivity index (χ2n) is 6.08. The number of hydrogen-bond donors (Lipinski definition) is 2. The number of rotatable bonds is 4. The summed E-state index contributed by atoms with van der Waals surface area (Å²) >= 11 is 0. The highest BCUT2D eigenvalue weighted by Gasteiger charge is 2.27. The zero-order chi connectivity index (χ0) is 17.2. The summed E-state index contributed by atoms with van der Waals surface area (Å²) in [4.78, 5) is 23.1. The van der Waals surface area contributed by atoms with Crippen LogP contribution in [0, 0.1) is 12.8 Å². The number of hydrogen-bond acceptors (Lipinski definition) is 8. The van der Waals surface area contributed by atoms with Crippen molar-refractivity contribution in [2.75, 3.05) is 18.0 Å². The third-order valence-corrected chi connectivity index (χ3v) is 4.33. The molecule has 0 bridgehead atoms. The number of carbonyl (C=O) groups is 1. The first kappa shape index (κ1) is 15.5. The molecule has 0 radical (unpaired) electrons. The zero-order valence-corrected chi connectivity index (χ0v) is 13.8. The van der Waals surface area contributed by atoms with E-state index in [4.69, 9.17) is 4.42 Å². The molecule has 1 aliphatic rings. The van der Waals surface area contributed by atoms with Crippen molar-refractivity contribution in [2.24, 2.45) is 5.92 Å². The Balaban J connectivity index is 1.34. The minimum absolute atomic E-state index is 0.0132. The predicted octanol–water partition coefficient (Wildman–Crippen LogP) is 0.577. The highest BCUT2D eigenvalue weighted by molar-refractivity contribution is 5.79. The lowest BCUT2D eigenvalue weighted by molar-refractivity contribution is -0.125. The lowest BCUT2D eigenvalue weighted by Gasteiger charge is -2.29. The number of tetrazole rings is 1. The molecule has 3 aromatic heterocycles. The average molecular weight is 342 g/mol. The Morgan fingerprint density at radius 1 is 1.36 bits per heavy atom. The van der Waals surface area contributed by atoms with E-state index >= 15 is 0 Å². The Bertz CT molecular complexity index is 867. The fourth-order valence-electron chi connectivity index (χ4n) is 2.94. The number of carbonyl (C=O) groups excluding carboxylic acids is 1. The summed E-state index contributed by atoms with van der Waals surface area (Å²) in [6.45, 7) is 3.64. The maximum absolute atomic E-state index is 12.2. The van der Waals surface area contributed by atoms with Crippen molar-refractivity contribution in [1.29, 1.82) is 0 Å². The normalized spacial score (nSPS) is 15.6. The summed E-state index contributed by atoms with van der Waals surface area (Å²) in [5, 5.41) is 16.3. The van der Waals surface area contributed by atoms with Gasteiger partial charge in [0, 0.05) is 24.7 Å². The number of pyridine rings is 1. The van der Waals surface area contributed by atoms with Crippen molar-refractivity contribution >= 4 is 23.2 Å². The van der Waals surface area contributed by atoms with Gasteiger partial charge in [0.1, 0.15) is 0 Å². The van der Waals surface area contributed by atoms with Crippen molar-refractivity contribution in [3.8, 4) is 0 Å². The van der Waals surface area contributed by atoms with Crippen molar-refractivity contribution < 1.29 is 9.21 Å². The van der Waals surface area contributed by atoms with E-state index in [0.717, 1.165) is 18.5 Å². The molecule has 0 atom stereocenters. The highest BCUT2D eigenvalue weighted by Crippen LogP contribution is 2.26. The largest absolute Gasteiger partial charge is 0.422 e. The molecule has 25 heavy (non-hydrogen) atoms. The molecule has 4 rings (SSSR count). The molecule has 0 aliphatic carbocycles. The van der Waals surface area contributed by atoms with Gasteiger partial charge in [-0.3, -0.25) is 4.79 Å². The maximum atomic E-state index is 12.2. The second kappa shape index (κ2) is 6.46. The minimum Gasteiger partial charge on any atom is -0.422 e. The molecule has 10 heteroatoms. The maximum Gasteiger partial charge on any atom is 0.299 e. The number of piperidine rings is 1. The Hall–Kier alpha value is -3.04. The molecule has 1 fully saturated rings. The van der Waals surface area contributed by atoms with Gasteiger partial charge in [0.2, 0.25) is 11.6 Å². The van der Waals surface area contributed by atoms with Crippen LogP contribution in [0.5, 0.6) is 0 Å². The Labute approximate surface area is 143 Å². The van der Waals surface area contributed by atoms with Crippen LogP contribution in [0.15, 0.2) is 16.5 Å². The fourth-order valence-corrected chi connectivity index (χ4v) is 2.94. The van der Waals surface area contributed by atoms with E-state index in [0.29, 0.717) is 36.2 Å². The van der Waals surface area contributed by atoms with Crippen LogP contribution in [0.4, 0.5) is 6.01 Å². The van der Waals surface area contributed by atoms with E-state index in [9.17, 15) is 4.79 Å². The molecule has 2 N–H and O–H groups in total. The SMILES string of the molecule is Cc1ccc2oc(N3CCC(C(=O)NCc4nn[nH]n4)CC3)nc2n1. The van der Waals surface area contributed by atoms with Crippen LogP contribution in [0.3, 0.4) is 0 Å². The Morgan fingerprint density at radius 3 is 2.96 bits per heavy atom. The summed E-state index contributed by atoms with van der Waals surface area (Å²) < 4.78 is 5.78. The van der Waals surface area contributed by atoms with E-state index in [2.05, 4.69) is 40.8 Å². The average Bonchev–Trinajstić information content (AvgIpc) is 3.29. The van der Waals surface area contributed by atoms with Crippen LogP contribution >= 0.6 is 0 Å². The number of fused-ring (bicyclic) bond motifs is 1. The molecule has 0 aromatic carbocycles. The van der Waals surface area contributed by atoms with Crippen LogP contribution in [0.1, 0.15) is 24.4 Å². The molecule has 130 valence electrons. The molecule has 0 spiro atoms. The standard InChI is InChI=1S/C15H18N8O2/c1-9-2-3-11-13(17-9)18-15(25-11)23-6-4-10(5-7-23)14(24)16-8-12-19-21-22-20-12/h2-3,10H,4-8H2,1H3,(H,16,24)(H,19,20,21,22). The topological polar surface area (TPSA) is 126 Å². The molecule has 10 nitrogen and oxygen atoms in total. The summed E-state index contributed by atoms with van der Waals surface area (Å²) in [5.41, 5.74) is 2.21. The zero-order valence-electron chi connectivity index (χ0n) is 13.8. The second-order valence-corrected chi connectivity index (χ2v) is 6.08. The minimum atomic E-state index is -0.0344. The third kappa shape index (κ3) is 3.28. The van der Waals surface area contributed by atoms with Gasteiger partial charge in [0.05, 0.1) is 6.54 Å². The smallest absolute Gasteiger partial charge is 0.299 e. The number of H-pyrrole nitrogens is 1. The van der Waals surface area contributed by atoms with Gasteiger partial charge in [0.25, 0.3) is 6.01 Å². The monoisotopic (exact) mass is 342 g/mol. The number of oxazole rings is 1. The molecular formula is C15H18N8O2. The summed E-state index contributed by atoms with van der Waals surface area (Å²) in [6, 6.07) is 4.35. The number of aryl methyl sites for hydroxylation is 1. The number of aromatic nitrogens is 6. The first-order valence-electron chi connectivity index (χ1n) is 8.18. The van der Waals surface area contributed by atoms with Crippen LogP contribution in [0.25, 0.3) is 11.2 Å². The summed E-state index contributed by atoms with van der Waals surface area (Å²) in [6.07, 6.45) is 1.48. The van der Waals surface area contributed by atoms with Crippen LogP contribution in [0.2, 0.25) is 0 Å². The third-order valence-electron chi connectivity index (χ3n) is 4.33. The van der Waals surface area contributed by atoms with E-state index in [1.54, 1.807) is 0 Å². The van der Waals surface area contributed by atoms with E-state index < -0.39 is 0 Å². The lowest BCUT2D eigenvalue weighted by atomic mass is 9.96. The first-order valence-corrected chi connectivity index (χ1v) is 8.18. The van der Waals surface area contributed by atoms with Gasteiger partial charge in [0.15, 0.2) is 11.4 Å². The van der Waals surface area contributed by atoms with Gasteiger partial charge >= 0.3 is 0 Å². The summed E-state index contributed by atoms with van der Waals surface area (Å²) in [5.74, 6) is 0.451. The van der Waals surface area contributed by atoms with Crippen molar-refractivity contribution in [3.05, 3.63) is 23.7 Å². The fraction of sp³-hybridized carbons (Fsp3) is 0.467. The van der Waals surface area contributed by atoms with E-state index in [-0.39, 0.29) is 18.4 Å². The Morgan fingerprint density at radius 2 is 2.20 bits per heavy atom. The van der Waals surface area contributed by atoms with Gasteiger partial charge in [-0.1, -0.05) is 5.21 Å². The molecule has 4 heterocycles. The first-order chi connectivity index (χ1) is 12.2. The molecule has 1 aliphatic heterocycles. The van der Waals surface area contributed by atoms with Crippen molar-refractivity contribution in [1.82, 2.24) is 35.9 Å². The summed E-state index contributed by atoms with van der Waals surface area (Å²) in [7, 11) is 0. The number of anilines is 1. The number of nitrogens with zero attached hydrogens (tertiary/aromatic N) is 6. The van der Waals surface area contributed by atoms with E-state index in [1.807, 2.05) is 19.1 Å². The van der Waals surface area contributed by atoms with Gasteiger partial charge in [-0.05, 0) is 31.9 Å². The molecule has 3 aromatic rings. The lowest BCUT2D eigenvalue weighted by Crippen LogP contribution is -2.40. The number of amides is 1. The predicted molar refractivity (Wildman–Crippen MR) is 87.5 cm³/mol. The van der Waals surface area contributed by atoms with Gasteiger partial charge in [-0.25, -0.2) is 4.98 Å². The molecule has 1 saturated heterocycles. The Kier molecular flexibility index (Phi) is 4.00. The number of nitrogens with one attached hydrogen (secondary N) is 2. The highest BCUT2D eigenvalue weighted by atomic mass is 16.4. The van der Waals surface area contributed by atoms with Crippen LogP contribution < -0.4 is 10.2 Å². The number of aromatic amines is 1.